The third kappa shape index (κ3) is 5.06. The summed E-state index contributed by atoms with van der Waals surface area (Å²) < 4.78 is 10.8. The molecule has 2 aromatic carbocycles. The Labute approximate surface area is 156 Å². The summed E-state index contributed by atoms with van der Waals surface area (Å²) in [5, 5.41) is 12.7. The Bertz CT molecular complexity index is 981. The van der Waals surface area contributed by atoms with E-state index in [1.54, 1.807) is 30.3 Å². The molecule has 1 heterocycles. The lowest BCUT2D eigenvalue weighted by atomic mass is 10.0. The van der Waals surface area contributed by atoms with Crippen molar-refractivity contribution in [3.63, 3.8) is 0 Å². The fourth-order valence-corrected chi connectivity index (χ4v) is 2.35. The summed E-state index contributed by atoms with van der Waals surface area (Å²) in [5.41, 5.74) is 4.99. The minimum absolute atomic E-state index is 0.148. The number of carbonyl (C=O) groups excluding carboxylic acids is 1. The maximum Gasteiger partial charge on any atom is 0.277 e. The van der Waals surface area contributed by atoms with E-state index in [-0.39, 0.29) is 12.5 Å². The minimum atomic E-state index is -0.370. The van der Waals surface area contributed by atoms with Crippen LogP contribution in [0.2, 0.25) is 0 Å². The number of nitrogens with zero attached hydrogens (tertiary/aromatic N) is 2. The van der Waals surface area contributed by atoms with E-state index in [1.165, 1.54) is 6.21 Å². The lowest BCUT2D eigenvalue weighted by Gasteiger charge is -2.07. The van der Waals surface area contributed by atoms with E-state index < -0.39 is 0 Å². The number of hydrazone groups is 1. The van der Waals surface area contributed by atoms with Crippen LogP contribution >= 0.6 is 0 Å². The van der Waals surface area contributed by atoms with Crippen molar-refractivity contribution in [1.82, 2.24) is 5.43 Å². The molecular weight excluding hydrogens is 342 g/mol. The monoisotopic (exact) mass is 359 g/mol. The van der Waals surface area contributed by atoms with Gasteiger partial charge in [0.25, 0.3) is 5.91 Å². The minimum Gasteiger partial charge on any atom is -0.484 e. The van der Waals surface area contributed by atoms with Gasteiger partial charge in [0, 0.05) is 0 Å². The van der Waals surface area contributed by atoms with E-state index in [0.717, 1.165) is 16.9 Å². The lowest BCUT2D eigenvalue weighted by Crippen LogP contribution is -2.24. The molecule has 0 aliphatic carbocycles. The van der Waals surface area contributed by atoms with Crippen LogP contribution in [0.15, 0.2) is 70.2 Å². The highest BCUT2D eigenvalue weighted by molar-refractivity contribution is 5.81. The molecule has 6 nitrogen and oxygen atoms in total. The second-order valence-electron chi connectivity index (χ2n) is 5.74. The highest BCUT2D eigenvalue weighted by Crippen LogP contribution is 2.22. The number of rotatable bonds is 6. The fourth-order valence-electron chi connectivity index (χ4n) is 2.35. The number of carbonyl (C=O) groups is 1. The number of furan rings is 1. The molecule has 27 heavy (non-hydrogen) atoms. The van der Waals surface area contributed by atoms with Gasteiger partial charge in [-0.05, 0) is 54.4 Å². The second-order valence-corrected chi connectivity index (χ2v) is 5.74. The van der Waals surface area contributed by atoms with Crippen LogP contribution in [0.1, 0.15) is 17.1 Å². The Morgan fingerprint density at radius 3 is 2.37 bits per heavy atom. The molecule has 134 valence electrons. The summed E-state index contributed by atoms with van der Waals surface area (Å²) in [7, 11) is 0. The Morgan fingerprint density at radius 1 is 1.11 bits per heavy atom. The normalized spacial score (nSPS) is 10.5. The molecule has 0 spiro atoms. The molecule has 0 saturated heterocycles. The third-order valence-corrected chi connectivity index (χ3v) is 3.71. The Balaban J connectivity index is 1.50. The predicted octanol–water partition coefficient (Wildman–Crippen LogP) is 3.66. The maximum atomic E-state index is 11.8. The third-order valence-electron chi connectivity index (χ3n) is 3.71. The van der Waals surface area contributed by atoms with E-state index in [9.17, 15) is 4.79 Å². The molecule has 0 radical (unpaired) electrons. The molecule has 0 fully saturated rings. The zero-order chi connectivity index (χ0) is 19.1. The van der Waals surface area contributed by atoms with Crippen molar-refractivity contribution in [2.24, 2.45) is 5.10 Å². The van der Waals surface area contributed by atoms with Crippen molar-refractivity contribution in [2.45, 2.75) is 6.92 Å². The number of aryl methyl sites for hydroxylation is 1. The molecule has 0 saturated carbocycles. The quantitative estimate of drug-likeness (QED) is 0.537. The number of benzene rings is 2. The topological polar surface area (TPSA) is 87.6 Å². The molecule has 3 rings (SSSR count). The smallest absolute Gasteiger partial charge is 0.277 e. The molecule has 0 atom stereocenters. The molecule has 0 unspecified atom stereocenters. The van der Waals surface area contributed by atoms with Crippen molar-refractivity contribution < 1.29 is 13.9 Å². The largest absolute Gasteiger partial charge is 0.484 e. The first-order valence-electron chi connectivity index (χ1n) is 8.26. The van der Waals surface area contributed by atoms with Gasteiger partial charge in [-0.15, -0.1) is 0 Å². The summed E-state index contributed by atoms with van der Waals surface area (Å²) in [6.07, 6.45) is 1.43. The van der Waals surface area contributed by atoms with E-state index in [1.807, 2.05) is 37.3 Å². The highest BCUT2D eigenvalue weighted by Gasteiger charge is 2.03. The van der Waals surface area contributed by atoms with Crippen LogP contribution in [0.25, 0.3) is 11.1 Å². The van der Waals surface area contributed by atoms with E-state index in [0.29, 0.717) is 17.1 Å². The summed E-state index contributed by atoms with van der Waals surface area (Å²) >= 11 is 0. The number of ether oxygens (including phenoxy) is 1. The van der Waals surface area contributed by atoms with E-state index in [2.05, 4.69) is 16.6 Å². The second kappa shape index (κ2) is 8.50. The van der Waals surface area contributed by atoms with Gasteiger partial charge in [-0.25, -0.2) is 5.43 Å². The zero-order valence-corrected chi connectivity index (χ0v) is 14.7. The van der Waals surface area contributed by atoms with Crippen LogP contribution in [-0.4, -0.2) is 18.7 Å². The summed E-state index contributed by atoms with van der Waals surface area (Å²) in [4.78, 5) is 11.8. The number of nitriles is 1. The van der Waals surface area contributed by atoms with E-state index >= 15 is 0 Å². The first-order chi connectivity index (χ1) is 13.1. The van der Waals surface area contributed by atoms with Gasteiger partial charge in [-0.1, -0.05) is 24.3 Å². The van der Waals surface area contributed by atoms with Gasteiger partial charge in [0.05, 0.1) is 17.8 Å². The van der Waals surface area contributed by atoms with Gasteiger partial charge < -0.3 is 9.15 Å². The van der Waals surface area contributed by atoms with Gasteiger partial charge >= 0.3 is 0 Å². The van der Waals surface area contributed by atoms with Gasteiger partial charge in [-0.2, -0.15) is 10.4 Å². The van der Waals surface area contributed by atoms with Gasteiger partial charge in [-0.3, -0.25) is 4.79 Å². The van der Waals surface area contributed by atoms with Crippen LogP contribution in [-0.2, 0) is 4.79 Å². The summed E-state index contributed by atoms with van der Waals surface area (Å²) in [6, 6.07) is 20.4. The number of hydrogen-bond acceptors (Lipinski definition) is 5. The molecule has 1 amide bonds. The van der Waals surface area contributed by atoms with Crippen LogP contribution in [0.4, 0.5) is 0 Å². The standard InChI is InChI=1S/C21H17N3O3/c1-15-2-9-20(27-15)13-23-24-21(25)14-26-19-10-7-18(8-11-19)17-5-3-16(12-22)4-6-17/h2-11,13H,14H2,1H3,(H,24,25)/b23-13+. The average molecular weight is 359 g/mol. The number of nitrogens with one attached hydrogen (secondary N) is 1. The van der Waals surface area contributed by atoms with E-state index in [4.69, 9.17) is 14.4 Å². The first-order valence-corrected chi connectivity index (χ1v) is 8.26. The van der Waals surface area contributed by atoms with Crippen molar-refractivity contribution >= 4 is 12.1 Å². The SMILES string of the molecule is Cc1ccc(/C=N/NC(=O)COc2ccc(-c3ccc(C#N)cc3)cc2)o1. The van der Waals surface area contributed by atoms with Crippen LogP contribution in [0, 0.1) is 18.3 Å². The Morgan fingerprint density at radius 2 is 1.78 bits per heavy atom. The van der Waals surface area contributed by atoms with Crippen molar-refractivity contribution in [1.29, 1.82) is 5.26 Å². The zero-order valence-electron chi connectivity index (χ0n) is 14.7. The first kappa shape index (κ1) is 18.0. The van der Waals surface area contributed by atoms with Crippen molar-refractivity contribution in [2.75, 3.05) is 6.61 Å². The summed E-state index contributed by atoms with van der Waals surface area (Å²) in [5.74, 6) is 1.54. The van der Waals surface area contributed by atoms with Gasteiger partial charge in [0.2, 0.25) is 0 Å². The van der Waals surface area contributed by atoms with Gasteiger partial charge in [0.1, 0.15) is 17.3 Å². The predicted molar refractivity (Wildman–Crippen MR) is 101 cm³/mol. The molecule has 3 aromatic rings. The Hall–Kier alpha value is -3.85. The maximum absolute atomic E-state index is 11.8. The highest BCUT2D eigenvalue weighted by atomic mass is 16.5. The molecule has 0 aliphatic heterocycles. The van der Waals surface area contributed by atoms with Crippen molar-refractivity contribution in [3.05, 3.63) is 77.7 Å². The van der Waals surface area contributed by atoms with Gasteiger partial charge in [0.15, 0.2) is 6.61 Å². The summed E-state index contributed by atoms with van der Waals surface area (Å²) in [6.45, 7) is 1.68. The number of amides is 1. The lowest BCUT2D eigenvalue weighted by molar-refractivity contribution is -0.123. The molecule has 0 bridgehead atoms. The Kier molecular flexibility index (Phi) is 5.65. The van der Waals surface area contributed by atoms with Crippen LogP contribution in [0.5, 0.6) is 5.75 Å². The molecule has 1 N–H and O–H groups in total. The molecule has 6 heteroatoms. The fraction of sp³-hybridized carbons (Fsp3) is 0.0952. The van der Waals surface area contributed by atoms with Crippen molar-refractivity contribution in [3.8, 4) is 22.9 Å². The number of hydrogen-bond donors (Lipinski definition) is 1. The molecule has 0 aliphatic rings. The molecule has 1 aromatic heterocycles. The van der Waals surface area contributed by atoms with Crippen LogP contribution < -0.4 is 10.2 Å². The average Bonchev–Trinajstić information content (AvgIpc) is 3.12. The molecular formula is C21H17N3O3. The van der Waals surface area contributed by atoms with Crippen LogP contribution in [0.3, 0.4) is 0 Å².